The Bertz CT molecular complexity index is 636. The smallest absolute Gasteiger partial charge is 0.229 e. The van der Waals surface area contributed by atoms with E-state index in [4.69, 9.17) is 0 Å². The first-order valence-corrected chi connectivity index (χ1v) is 7.62. The molecule has 0 aromatic heterocycles. The molecule has 0 bridgehead atoms. The molecule has 1 saturated heterocycles. The van der Waals surface area contributed by atoms with E-state index in [-0.39, 0.29) is 23.5 Å². The Hall–Kier alpha value is -1.91. The number of carbonyl (C=O) groups is 2. The summed E-state index contributed by atoms with van der Waals surface area (Å²) in [6.45, 7) is 7.42. The normalized spacial score (nSPS) is 20.4. The molecule has 0 aliphatic carbocycles. The highest BCUT2D eigenvalue weighted by Gasteiger charge is 2.41. The maximum Gasteiger partial charge on any atom is 0.229 e. The van der Waals surface area contributed by atoms with Crippen LogP contribution in [-0.2, 0) is 21.5 Å². The summed E-state index contributed by atoms with van der Waals surface area (Å²) in [5.74, 6) is -0.230. The number of hydrogen-bond donors (Lipinski definition) is 0. The number of carbonyl (C=O) groups excluding carboxylic acids is 2. The van der Waals surface area contributed by atoms with Gasteiger partial charge in [-0.05, 0) is 11.6 Å². The maximum atomic E-state index is 14.1. The number of benzene rings is 1. The van der Waals surface area contributed by atoms with Gasteiger partial charge in [-0.15, -0.1) is 0 Å². The first-order valence-electron chi connectivity index (χ1n) is 7.62. The third kappa shape index (κ3) is 2.38. The maximum absolute atomic E-state index is 14.1. The molecule has 2 aliphatic rings. The van der Waals surface area contributed by atoms with E-state index < -0.39 is 5.41 Å². The van der Waals surface area contributed by atoms with Crippen LogP contribution in [-0.4, -0.2) is 41.2 Å². The molecule has 22 heavy (non-hydrogen) atoms. The minimum atomic E-state index is -0.404. The summed E-state index contributed by atoms with van der Waals surface area (Å²) in [5, 5.41) is 0. The Labute approximate surface area is 129 Å². The summed E-state index contributed by atoms with van der Waals surface area (Å²) in [6, 6.07) is 5.07. The highest BCUT2D eigenvalue weighted by atomic mass is 19.1. The van der Waals surface area contributed by atoms with Crippen LogP contribution in [0.3, 0.4) is 0 Å². The first kappa shape index (κ1) is 15.0. The van der Waals surface area contributed by atoms with E-state index in [1.54, 1.807) is 11.0 Å². The summed E-state index contributed by atoms with van der Waals surface area (Å²) in [7, 11) is 0. The molecule has 2 aliphatic heterocycles. The van der Waals surface area contributed by atoms with Crippen LogP contribution in [0.2, 0.25) is 0 Å². The van der Waals surface area contributed by atoms with Gasteiger partial charge in [-0.2, -0.15) is 0 Å². The van der Waals surface area contributed by atoms with Crippen molar-refractivity contribution in [3.63, 3.8) is 0 Å². The largest absolute Gasteiger partial charge is 0.341 e. The average molecular weight is 304 g/mol. The molecule has 0 saturated carbocycles. The topological polar surface area (TPSA) is 40.6 Å². The van der Waals surface area contributed by atoms with Crippen molar-refractivity contribution in [1.29, 1.82) is 0 Å². The molecule has 0 spiro atoms. The molecule has 1 aromatic rings. The van der Waals surface area contributed by atoms with Crippen molar-refractivity contribution in [1.82, 2.24) is 9.80 Å². The van der Waals surface area contributed by atoms with Gasteiger partial charge in [-0.25, -0.2) is 4.39 Å². The third-order valence-electron chi connectivity index (χ3n) is 4.71. The molecule has 118 valence electrons. The van der Waals surface area contributed by atoms with Crippen molar-refractivity contribution in [3.8, 4) is 0 Å². The molecular weight excluding hydrogens is 283 g/mol. The SMILES string of the molecule is CC(=O)N1CC(C(=O)N2Cc3cccc(F)c3C(C)(C)C2)C1. The van der Waals surface area contributed by atoms with Gasteiger partial charge in [0.2, 0.25) is 11.8 Å². The number of likely N-dealkylation sites (tertiary alicyclic amines) is 1. The zero-order valence-corrected chi connectivity index (χ0v) is 13.2. The quantitative estimate of drug-likeness (QED) is 0.795. The molecule has 3 rings (SSSR count). The van der Waals surface area contributed by atoms with E-state index >= 15 is 0 Å². The predicted molar refractivity (Wildman–Crippen MR) is 80.6 cm³/mol. The number of amides is 2. The van der Waals surface area contributed by atoms with Crippen molar-refractivity contribution in [3.05, 3.63) is 35.1 Å². The van der Waals surface area contributed by atoms with Gasteiger partial charge in [-0.3, -0.25) is 9.59 Å². The fourth-order valence-corrected chi connectivity index (χ4v) is 3.58. The Morgan fingerprint density at radius 2 is 1.91 bits per heavy atom. The van der Waals surface area contributed by atoms with Crippen molar-refractivity contribution in [2.75, 3.05) is 19.6 Å². The molecule has 0 N–H and O–H groups in total. The van der Waals surface area contributed by atoms with Crippen LogP contribution in [0, 0.1) is 11.7 Å². The zero-order chi connectivity index (χ0) is 16.1. The summed E-state index contributed by atoms with van der Waals surface area (Å²) < 4.78 is 14.1. The Morgan fingerprint density at radius 1 is 1.23 bits per heavy atom. The fourth-order valence-electron chi connectivity index (χ4n) is 3.58. The molecule has 0 unspecified atom stereocenters. The van der Waals surface area contributed by atoms with Crippen molar-refractivity contribution >= 4 is 11.8 Å². The van der Waals surface area contributed by atoms with E-state index in [0.717, 1.165) is 11.1 Å². The van der Waals surface area contributed by atoms with Crippen LogP contribution in [0.5, 0.6) is 0 Å². The van der Waals surface area contributed by atoms with E-state index in [2.05, 4.69) is 0 Å². The monoisotopic (exact) mass is 304 g/mol. The second-order valence-electron chi connectivity index (χ2n) is 6.97. The first-order chi connectivity index (χ1) is 10.3. The molecule has 0 radical (unpaired) electrons. The summed E-state index contributed by atoms with van der Waals surface area (Å²) in [6.07, 6.45) is 0. The Kier molecular flexibility index (Phi) is 3.46. The molecule has 1 fully saturated rings. The van der Waals surface area contributed by atoms with E-state index in [1.165, 1.54) is 13.0 Å². The molecule has 2 heterocycles. The third-order valence-corrected chi connectivity index (χ3v) is 4.71. The van der Waals surface area contributed by atoms with Crippen molar-refractivity contribution in [2.45, 2.75) is 32.7 Å². The molecule has 2 amide bonds. The van der Waals surface area contributed by atoms with Crippen LogP contribution < -0.4 is 0 Å². The lowest BCUT2D eigenvalue weighted by Gasteiger charge is -2.44. The van der Waals surface area contributed by atoms with Gasteiger partial charge in [0.15, 0.2) is 0 Å². The van der Waals surface area contributed by atoms with Gasteiger partial charge >= 0.3 is 0 Å². The number of rotatable bonds is 1. The van der Waals surface area contributed by atoms with Gasteiger partial charge < -0.3 is 9.80 Å². The Balaban J connectivity index is 1.78. The van der Waals surface area contributed by atoms with Gasteiger partial charge in [-0.1, -0.05) is 26.0 Å². The van der Waals surface area contributed by atoms with E-state index in [1.807, 2.05) is 24.8 Å². The van der Waals surface area contributed by atoms with Crippen LogP contribution >= 0.6 is 0 Å². The number of fused-ring (bicyclic) bond motifs is 1. The Morgan fingerprint density at radius 3 is 2.55 bits per heavy atom. The molecule has 1 aromatic carbocycles. The second kappa shape index (κ2) is 5.07. The lowest BCUT2D eigenvalue weighted by molar-refractivity contribution is -0.148. The number of hydrogen-bond acceptors (Lipinski definition) is 2. The second-order valence-corrected chi connectivity index (χ2v) is 6.97. The van der Waals surface area contributed by atoms with Crippen LogP contribution in [0.25, 0.3) is 0 Å². The lowest BCUT2D eigenvalue weighted by atomic mass is 9.77. The number of nitrogens with zero attached hydrogens (tertiary/aromatic N) is 2. The summed E-state index contributed by atoms with van der Waals surface area (Å²) in [4.78, 5) is 27.3. The fraction of sp³-hybridized carbons (Fsp3) is 0.529. The van der Waals surface area contributed by atoms with Gasteiger partial charge in [0.1, 0.15) is 5.82 Å². The number of halogens is 1. The molecular formula is C17H21FN2O2. The van der Waals surface area contributed by atoms with Crippen LogP contribution in [0.1, 0.15) is 31.9 Å². The van der Waals surface area contributed by atoms with Gasteiger partial charge in [0, 0.05) is 44.1 Å². The van der Waals surface area contributed by atoms with Crippen LogP contribution in [0.15, 0.2) is 18.2 Å². The summed E-state index contributed by atoms with van der Waals surface area (Å²) in [5.41, 5.74) is 1.20. The van der Waals surface area contributed by atoms with E-state index in [9.17, 15) is 14.0 Å². The van der Waals surface area contributed by atoms with E-state index in [0.29, 0.717) is 26.2 Å². The molecule has 4 nitrogen and oxygen atoms in total. The average Bonchev–Trinajstić information content (AvgIpc) is 2.34. The minimum absolute atomic E-state index is 0.00967. The highest BCUT2D eigenvalue weighted by Crippen LogP contribution is 2.36. The van der Waals surface area contributed by atoms with Crippen molar-refractivity contribution in [2.24, 2.45) is 5.92 Å². The lowest BCUT2D eigenvalue weighted by Crippen LogP contribution is -2.57. The van der Waals surface area contributed by atoms with Crippen molar-refractivity contribution < 1.29 is 14.0 Å². The standard InChI is InChI=1S/C17H21FN2O2/c1-11(21)19-8-13(9-19)16(22)20-7-12-5-4-6-14(18)15(12)17(2,3)10-20/h4-6,13H,7-10H2,1-3H3. The molecule has 5 heteroatoms. The minimum Gasteiger partial charge on any atom is -0.341 e. The zero-order valence-electron chi connectivity index (χ0n) is 13.2. The van der Waals surface area contributed by atoms with Gasteiger partial charge in [0.25, 0.3) is 0 Å². The van der Waals surface area contributed by atoms with Gasteiger partial charge in [0.05, 0.1) is 5.92 Å². The summed E-state index contributed by atoms with van der Waals surface area (Å²) >= 11 is 0. The predicted octanol–water partition coefficient (Wildman–Crippen LogP) is 1.92. The molecule has 0 atom stereocenters. The highest BCUT2D eigenvalue weighted by molar-refractivity contribution is 5.84. The van der Waals surface area contributed by atoms with Crippen LogP contribution in [0.4, 0.5) is 4.39 Å².